The van der Waals surface area contributed by atoms with Crippen LogP contribution in [0.5, 0.6) is 0 Å². The summed E-state index contributed by atoms with van der Waals surface area (Å²) in [5.41, 5.74) is -0.550. The van der Waals surface area contributed by atoms with E-state index >= 15 is 0 Å². The molecular weight excluding hydrogens is 598 g/mol. The number of carbonyl (C=O) groups excluding carboxylic acids is 2. The quantitative estimate of drug-likeness (QED) is 0.144. The molecule has 1 amide bonds. The summed E-state index contributed by atoms with van der Waals surface area (Å²) in [6.45, 7) is 1.07. The molecule has 0 aliphatic rings. The number of carbonyl (C=O) groups is 3. The lowest BCUT2D eigenvalue weighted by molar-refractivity contribution is -0.152. The lowest BCUT2D eigenvalue weighted by Crippen LogP contribution is -2.59. The maximum Gasteiger partial charge on any atom is 0.425 e. The van der Waals surface area contributed by atoms with E-state index in [2.05, 4.69) is 5.43 Å². The summed E-state index contributed by atoms with van der Waals surface area (Å²) in [6, 6.07) is 13.7. The number of carboxylic acids is 1. The van der Waals surface area contributed by atoms with Gasteiger partial charge >= 0.3 is 30.4 Å². The van der Waals surface area contributed by atoms with Crippen molar-refractivity contribution in [3.05, 3.63) is 107 Å². The van der Waals surface area contributed by atoms with Crippen molar-refractivity contribution < 1.29 is 55.3 Å². The molecule has 0 aromatic heterocycles. The summed E-state index contributed by atoms with van der Waals surface area (Å²) in [4.78, 5) is 38.7. The number of carboxylic acid groups (broad SMARTS) is 1. The number of nitrogens with one attached hydrogen (secondary N) is 1. The van der Waals surface area contributed by atoms with Crippen LogP contribution in [0.4, 0.5) is 31.1 Å². The van der Waals surface area contributed by atoms with Crippen molar-refractivity contribution in [2.75, 3.05) is 6.61 Å². The largest absolute Gasteiger partial charge is 0.480 e. The summed E-state index contributed by atoms with van der Waals surface area (Å²) < 4.78 is 91.0. The first-order valence-corrected chi connectivity index (χ1v) is 13.2. The van der Waals surface area contributed by atoms with E-state index in [0.717, 1.165) is 0 Å². The van der Waals surface area contributed by atoms with Gasteiger partial charge in [-0.2, -0.15) is 26.3 Å². The van der Waals surface area contributed by atoms with Gasteiger partial charge in [0.2, 0.25) is 0 Å². The number of benzene rings is 3. The zero-order valence-corrected chi connectivity index (χ0v) is 23.2. The number of halogens is 6. The fraction of sp³-hybridized carbons (Fsp3) is 0.300. The van der Waals surface area contributed by atoms with E-state index in [9.17, 15) is 45.8 Å². The molecular formula is C30H28F6N2O6. The highest BCUT2D eigenvalue weighted by Gasteiger charge is 2.39. The van der Waals surface area contributed by atoms with Gasteiger partial charge in [-0.1, -0.05) is 60.7 Å². The maximum absolute atomic E-state index is 13.4. The average Bonchev–Trinajstić information content (AvgIpc) is 2.97. The van der Waals surface area contributed by atoms with Gasteiger partial charge in [0.15, 0.2) is 6.04 Å². The molecule has 0 spiro atoms. The van der Waals surface area contributed by atoms with Crippen molar-refractivity contribution in [3.8, 4) is 0 Å². The Morgan fingerprint density at radius 1 is 0.773 bits per heavy atom. The normalized spacial score (nSPS) is 13.1. The van der Waals surface area contributed by atoms with E-state index in [-0.39, 0.29) is 25.7 Å². The minimum Gasteiger partial charge on any atom is -0.480 e. The third-order valence-electron chi connectivity index (χ3n) is 6.22. The molecule has 3 aromatic carbocycles. The number of esters is 1. The number of amides is 1. The first-order valence-electron chi connectivity index (χ1n) is 13.2. The third kappa shape index (κ3) is 9.73. The Kier molecular flexibility index (Phi) is 11.4. The van der Waals surface area contributed by atoms with Gasteiger partial charge in [-0.15, -0.1) is 0 Å². The minimum atomic E-state index is -5.17. The van der Waals surface area contributed by atoms with Crippen LogP contribution in [0.15, 0.2) is 78.9 Å². The van der Waals surface area contributed by atoms with Gasteiger partial charge in [0.05, 0.1) is 17.7 Å². The molecule has 44 heavy (non-hydrogen) atoms. The predicted molar refractivity (Wildman–Crippen MR) is 144 cm³/mol. The third-order valence-corrected chi connectivity index (χ3v) is 6.22. The van der Waals surface area contributed by atoms with Crippen molar-refractivity contribution in [3.63, 3.8) is 0 Å². The van der Waals surface area contributed by atoms with Crippen molar-refractivity contribution in [2.24, 2.45) is 0 Å². The SMILES string of the molecule is CCOC(=O)[C@H](Cc1ccccc1)N(N[C@@H](Cc1cc(C(F)(F)F)cc(C(F)(F)F)c1)C(=O)O)C(=O)OCc1ccccc1. The highest BCUT2D eigenvalue weighted by atomic mass is 19.4. The highest BCUT2D eigenvalue weighted by Crippen LogP contribution is 2.36. The van der Waals surface area contributed by atoms with E-state index in [1.54, 1.807) is 60.7 Å². The second-order valence-corrected chi connectivity index (χ2v) is 9.51. The molecule has 2 N–H and O–H groups in total. The number of alkyl halides is 6. The van der Waals surface area contributed by atoms with Crippen molar-refractivity contribution in [1.29, 1.82) is 0 Å². The fourth-order valence-corrected chi connectivity index (χ4v) is 4.14. The Labute approximate surface area is 248 Å². The number of hydrazine groups is 1. The second kappa shape index (κ2) is 14.7. The fourth-order valence-electron chi connectivity index (χ4n) is 4.14. The molecule has 8 nitrogen and oxygen atoms in total. The van der Waals surface area contributed by atoms with Crippen LogP contribution in [0.25, 0.3) is 0 Å². The first-order chi connectivity index (χ1) is 20.7. The Morgan fingerprint density at radius 2 is 1.30 bits per heavy atom. The number of rotatable bonds is 12. The summed E-state index contributed by atoms with van der Waals surface area (Å²) >= 11 is 0. The standard InChI is InChI=1S/C30H28F6N2O6/c1-2-43-27(41)25(16-19-9-5-3-6-10-19)38(28(42)44-18-20-11-7-4-8-12-20)37-24(26(39)40)15-21-13-22(29(31,32)33)17-23(14-21)30(34,35)36/h3-14,17,24-25,37H,2,15-16,18H2,1H3,(H,39,40)/t24-,25-/m0/s1. The Bertz CT molecular complexity index is 1380. The van der Waals surface area contributed by atoms with Crippen LogP contribution < -0.4 is 5.43 Å². The number of hydrogen-bond acceptors (Lipinski definition) is 6. The Hall–Kier alpha value is -4.59. The molecule has 0 aliphatic carbocycles. The zero-order chi connectivity index (χ0) is 32.5. The van der Waals surface area contributed by atoms with Crippen molar-refractivity contribution in [1.82, 2.24) is 10.4 Å². The molecule has 3 rings (SSSR count). The number of hydrogen-bond donors (Lipinski definition) is 2. The second-order valence-electron chi connectivity index (χ2n) is 9.51. The van der Waals surface area contributed by atoms with Crippen LogP contribution >= 0.6 is 0 Å². The number of ether oxygens (including phenoxy) is 2. The van der Waals surface area contributed by atoms with Crippen LogP contribution in [0.3, 0.4) is 0 Å². The van der Waals surface area contributed by atoms with Gasteiger partial charge in [0, 0.05) is 12.8 Å². The van der Waals surface area contributed by atoms with Crippen molar-refractivity contribution >= 4 is 18.0 Å². The molecule has 0 fully saturated rings. The number of nitrogens with zero attached hydrogens (tertiary/aromatic N) is 1. The first kappa shape index (κ1) is 33.9. The van der Waals surface area contributed by atoms with Gasteiger partial charge in [-0.3, -0.25) is 4.79 Å². The van der Waals surface area contributed by atoms with Gasteiger partial charge in [-0.05, 0) is 41.8 Å². The van der Waals surface area contributed by atoms with E-state index in [1.165, 1.54) is 6.92 Å². The summed E-state index contributed by atoms with van der Waals surface area (Å²) in [7, 11) is 0. The van der Waals surface area contributed by atoms with E-state index in [4.69, 9.17) is 9.47 Å². The zero-order valence-electron chi connectivity index (χ0n) is 23.2. The molecule has 2 atom stereocenters. The minimum absolute atomic E-state index is 0.0867. The molecule has 0 aliphatic heterocycles. The lowest BCUT2D eigenvalue weighted by atomic mass is 9.99. The monoisotopic (exact) mass is 626 g/mol. The van der Waals surface area contributed by atoms with E-state index < -0.39 is 65.6 Å². The molecule has 0 saturated heterocycles. The van der Waals surface area contributed by atoms with Crippen LogP contribution in [-0.4, -0.2) is 46.8 Å². The van der Waals surface area contributed by atoms with Crippen LogP contribution in [0.1, 0.15) is 34.7 Å². The predicted octanol–water partition coefficient (Wildman–Crippen LogP) is 6.04. The summed E-state index contributed by atoms with van der Waals surface area (Å²) in [6.07, 6.45) is -12.7. The molecule has 0 radical (unpaired) electrons. The molecule has 0 unspecified atom stereocenters. The average molecular weight is 627 g/mol. The summed E-state index contributed by atoms with van der Waals surface area (Å²) in [5, 5.41) is 10.5. The molecule has 14 heteroatoms. The molecule has 3 aromatic rings. The maximum atomic E-state index is 13.4. The lowest BCUT2D eigenvalue weighted by Gasteiger charge is -2.32. The van der Waals surface area contributed by atoms with E-state index in [0.29, 0.717) is 28.3 Å². The van der Waals surface area contributed by atoms with Crippen LogP contribution in [0.2, 0.25) is 0 Å². The number of aliphatic carboxylic acids is 1. The molecule has 236 valence electrons. The van der Waals surface area contributed by atoms with Gasteiger partial charge in [-0.25, -0.2) is 20.0 Å². The molecule has 0 saturated carbocycles. The van der Waals surface area contributed by atoms with Crippen LogP contribution in [0, 0.1) is 0 Å². The van der Waals surface area contributed by atoms with E-state index in [1.807, 2.05) is 0 Å². The van der Waals surface area contributed by atoms with Crippen LogP contribution in [-0.2, 0) is 50.9 Å². The highest BCUT2D eigenvalue weighted by molar-refractivity contribution is 5.82. The summed E-state index contributed by atoms with van der Waals surface area (Å²) in [5.74, 6) is -2.71. The smallest absolute Gasteiger partial charge is 0.425 e. The van der Waals surface area contributed by atoms with Crippen molar-refractivity contribution in [2.45, 2.75) is 50.8 Å². The van der Waals surface area contributed by atoms with Gasteiger partial charge < -0.3 is 14.6 Å². The van der Waals surface area contributed by atoms with Gasteiger partial charge in [0.1, 0.15) is 12.6 Å². The Balaban J connectivity index is 2.02. The molecule has 0 heterocycles. The molecule has 0 bridgehead atoms. The van der Waals surface area contributed by atoms with Gasteiger partial charge in [0.25, 0.3) is 0 Å². The topological polar surface area (TPSA) is 105 Å². The Morgan fingerprint density at radius 3 is 1.77 bits per heavy atom.